The summed E-state index contributed by atoms with van der Waals surface area (Å²) in [4.78, 5) is 19.2. The number of nitrogens with one attached hydrogen (secondary N) is 1. The summed E-state index contributed by atoms with van der Waals surface area (Å²) in [7, 11) is 0. The molecule has 1 aliphatic carbocycles. The average Bonchev–Trinajstić information content (AvgIpc) is 3.02. The zero-order chi connectivity index (χ0) is 11.5. The molecule has 0 spiro atoms. The summed E-state index contributed by atoms with van der Waals surface area (Å²) in [5, 5.41) is 3.13. The van der Waals surface area contributed by atoms with Crippen LogP contribution in [0.15, 0.2) is 6.20 Å². The van der Waals surface area contributed by atoms with Gasteiger partial charge in [0.15, 0.2) is 0 Å². The lowest BCUT2D eigenvalue weighted by molar-refractivity contribution is 0.100. The number of nitrogens with two attached hydrogens (primary N) is 1. The zero-order valence-electron chi connectivity index (χ0n) is 9.06. The second kappa shape index (κ2) is 4.34. The van der Waals surface area contributed by atoms with Crippen molar-refractivity contribution in [2.45, 2.75) is 25.8 Å². The van der Waals surface area contributed by atoms with Crippen LogP contribution in [-0.2, 0) is 0 Å². The second-order valence-electron chi connectivity index (χ2n) is 3.63. The largest absolute Gasteiger partial charge is 0.464 e. The van der Waals surface area contributed by atoms with E-state index in [0.717, 1.165) is 12.8 Å². The van der Waals surface area contributed by atoms with Crippen molar-refractivity contribution in [3.8, 4) is 6.01 Å². The van der Waals surface area contributed by atoms with E-state index in [1.54, 1.807) is 0 Å². The summed E-state index contributed by atoms with van der Waals surface area (Å²) < 4.78 is 5.17. The van der Waals surface area contributed by atoms with Crippen molar-refractivity contribution >= 4 is 11.7 Å². The summed E-state index contributed by atoms with van der Waals surface area (Å²) in [6, 6.07) is 0.651. The van der Waals surface area contributed by atoms with Gasteiger partial charge in [-0.15, -0.1) is 0 Å². The molecule has 1 aromatic heterocycles. The number of hydrogen-bond acceptors (Lipinski definition) is 5. The van der Waals surface area contributed by atoms with Gasteiger partial charge in [-0.25, -0.2) is 4.98 Å². The van der Waals surface area contributed by atoms with Gasteiger partial charge in [-0.3, -0.25) is 4.79 Å². The predicted octanol–water partition coefficient (Wildman–Crippen LogP) is 0.548. The third-order valence-corrected chi connectivity index (χ3v) is 2.22. The smallest absolute Gasteiger partial charge is 0.318 e. The minimum Gasteiger partial charge on any atom is -0.464 e. The van der Waals surface area contributed by atoms with Gasteiger partial charge >= 0.3 is 6.01 Å². The number of aromatic nitrogens is 2. The number of amides is 1. The normalized spacial score (nSPS) is 14.6. The first-order valence-electron chi connectivity index (χ1n) is 5.27. The van der Waals surface area contributed by atoms with Crippen LogP contribution >= 0.6 is 0 Å². The van der Waals surface area contributed by atoms with Gasteiger partial charge in [0.05, 0.1) is 6.61 Å². The predicted molar refractivity (Wildman–Crippen MR) is 58.4 cm³/mol. The molecule has 1 heterocycles. The third kappa shape index (κ3) is 2.39. The summed E-state index contributed by atoms with van der Waals surface area (Å²) in [5.41, 5.74) is 5.54. The monoisotopic (exact) mass is 222 g/mol. The van der Waals surface area contributed by atoms with E-state index in [9.17, 15) is 4.79 Å². The number of nitrogens with zero attached hydrogens (tertiary/aromatic N) is 2. The number of primary amides is 1. The molecule has 0 aromatic carbocycles. The summed E-state index contributed by atoms with van der Waals surface area (Å²) >= 11 is 0. The van der Waals surface area contributed by atoms with Gasteiger partial charge in [0.25, 0.3) is 5.91 Å². The molecule has 6 nitrogen and oxygen atoms in total. The van der Waals surface area contributed by atoms with E-state index in [1.165, 1.54) is 6.20 Å². The van der Waals surface area contributed by atoms with Gasteiger partial charge in [-0.1, -0.05) is 0 Å². The van der Waals surface area contributed by atoms with Crippen molar-refractivity contribution in [2.75, 3.05) is 11.9 Å². The molecular weight excluding hydrogens is 208 g/mol. The summed E-state index contributed by atoms with van der Waals surface area (Å²) in [5.74, 6) is -0.0698. The van der Waals surface area contributed by atoms with Crippen LogP contribution in [0.2, 0.25) is 0 Å². The molecular formula is C10H14N4O2. The summed E-state index contributed by atoms with van der Waals surface area (Å²) in [6.45, 7) is 2.33. The molecule has 0 radical (unpaired) electrons. The molecule has 3 N–H and O–H groups in total. The van der Waals surface area contributed by atoms with Crippen molar-refractivity contribution in [1.29, 1.82) is 0 Å². The number of carbonyl (C=O) groups excluding carboxylic acids is 1. The fourth-order valence-corrected chi connectivity index (χ4v) is 1.28. The lowest BCUT2D eigenvalue weighted by Gasteiger charge is -2.09. The molecule has 1 fully saturated rings. The van der Waals surface area contributed by atoms with Gasteiger partial charge in [0.1, 0.15) is 11.4 Å². The highest BCUT2D eigenvalue weighted by Crippen LogP contribution is 2.26. The highest BCUT2D eigenvalue weighted by atomic mass is 16.5. The first kappa shape index (κ1) is 10.7. The maximum atomic E-state index is 11.2. The second-order valence-corrected chi connectivity index (χ2v) is 3.63. The molecule has 0 atom stereocenters. The molecule has 1 amide bonds. The number of rotatable bonds is 5. The first-order chi connectivity index (χ1) is 7.70. The van der Waals surface area contributed by atoms with E-state index in [2.05, 4.69) is 15.3 Å². The maximum Gasteiger partial charge on any atom is 0.318 e. The fourth-order valence-electron chi connectivity index (χ4n) is 1.28. The van der Waals surface area contributed by atoms with Crippen molar-refractivity contribution < 1.29 is 9.53 Å². The topological polar surface area (TPSA) is 90.1 Å². The third-order valence-electron chi connectivity index (χ3n) is 2.22. The molecule has 2 rings (SSSR count). The van der Waals surface area contributed by atoms with Crippen molar-refractivity contribution in [3.05, 3.63) is 11.8 Å². The van der Waals surface area contributed by atoms with Crippen LogP contribution in [0.5, 0.6) is 6.01 Å². The van der Waals surface area contributed by atoms with Gasteiger partial charge in [-0.2, -0.15) is 4.98 Å². The van der Waals surface area contributed by atoms with Crippen LogP contribution < -0.4 is 15.8 Å². The summed E-state index contributed by atoms with van der Waals surface area (Å²) in [6.07, 6.45) is 3.57. The first-order valence-corrected chi connectivity index (χ1v) is 5.27. The Hall–Kier alpha value is -1.85. The minimum atomic E-state index is -0.536. The van der Waals surface area contributed by atoms with Crippen molar-refractivity contribution in [2.24, 2.45) is 5.73 Å². The van der Waals surface area contributed by atoms with Crippen LogP contribution in [0.4, 0.5) is 5.82 Å². The number of ether oxygens (including phenoxy) is 1. The van der Waals surface area contributed by atoms with Gasteiger partial charge in [0, 0.05) is 12.2 Å². The molecule has 1 aromatic rings. The van der Waals surface area contributed by atoms with E-state index in [-0.39, 0.29) is 6.01 Å². The lowest BCUT2D eigenvalue weighted by Crippen LogP contribution is -2.17. The van der Waals surface area contributed by atoms with Gasteiger partial charge < -0.3 is 15.8 Å². The molecule has 0 aliphatic heterocycles. The van der Waals surface area contributed by atoms with Crippen molar-refractivity contribution in [1.82, 2.24) is 9.97 Å². The van der Waals surface area contributed by atoms with Crippen LogP contribution in [0.1, 0.15) is 30.1 Å². The zero-order valence-corrected chi connectivity index (χ0v) is 9.06. The SMILES string of the molecule is CCOc1ncc(C(N)=O)c(NC2CC2)n1. The Labute approximate surface area is 93.2 Å². The van der Waals surface area contributed by atoms with Crippen LogP contribution in [0.3, 0.4) is 0 Å². The highest BCUT2D eigenvalue weighted by Gasteiger charge is 2.24. The number of anilines is 1. The van der Waals surface area contributed by atoms with E-state index in [4.69, 9.17) is 10.5 Å². The number of hydrogen-bond donors (Lipinski definition) is 2. The lowest BCUT2D eigenvalue weighted by atomic mass is 10.3. The van der Waals surface area contributed by atoms with Crippen LogP contribution in [0, 0.1) is 0 Å². The molecule has 0 saturated heterocycles. The van der Waals surface area contributed by atoms with Crippen LogP contribution in [-0.4, -0.2) is 28.5 Å². The minimum absolute atomic E-state index is 0.260. The molecule has 6 heteroatoms. The Morgan fingerprint density at radius 2 is 2.44 bits per heavy atom. The fraction of sp³-hybridized carbons (Fsp3) is 0.500. The van der Waals surface area contributed by atoms with Crippen molar-refractivity contribution in [3.63, 3.8) is 0 Å². The number of carbonyl (C=O) groups is 1. The van der Waals surface area contributed by atoms with Gasteiger partial charge in [0.2, 0.25) is 0 Å². The Kier molecular flexibility index (Phi) is 2.89. The quantitative estimate of drug-likeness (QED) is 0.759. The molecule has 1 saturated carbocycles. The highest BCUT2D eigenvalue weighted by molar-refractivity contribution is 5.97. The van der Waals surface area contributed by atoms with Gasteiger partial charge in [-0.05, 0) is 19.8 Å². The standard InChI is InChI=1S/C10H14N4O2/c1-2-16-10-12-5-7(8(11)15)9(14-10)13-6-3-4-6/h5-6H,2-4H2,1H3,(H2,11,15)(H,12,13,14). The Balaban J connectivity index is 2.25. The Bertz CT molecular complexity index is 404. The average molecular weight is 222 g/mol. The van der Waals surface area contributed by atoms with E-state index >= 15 is 0 Å². The molecule has 0 unspecified atom stereocenters. The van der Waals surface area contributed by atoms with E-state index < -0.39 is 5.91 Å². The molecule has 86 valence electrons. The Morgan fingerprint density at radius 3 is 3.00 bits per heavy atom. The Morgan fingerprint density at radius 1 is 1.69 bits per heavy atom. The van der Waals surface area contributed by atoms with E-state index in [0.29, 0.717) is 24.0 Å². The molecule has 16 heavy (non-hydrogen) atoms. The maximum absolute atomic E-state index is 11.2. The van der Waals surface area contributed by atoms with E-state index in [1.807, 2.05) is 6.92 Å². The molecule has 0 bridgehead atoms. The van der Waals surface area contributed by atoms with Crippen LogP contribution in [0.25, 0.3) is 0 Å². The molecule has 1 aliphatic rings.